The van der Waals surface area contributed by atoms with Crippen molar-refractivity contribution in [1.82, 2.24) is 10.3 Å². The maximum absolute atomic E-state index is 12.9. The largest absolute Gasteiger partial charge is 0.439 e. The number of rotatable bonds is 8. The predicted octanol–water partition coefficient (Wildman–Crippen LogP) is 5.34. The van der Waals surface area contributed by atoms with E-state index in [1.165, 1.54) is 18.3 Å². The number of ether oxygens (including phenoxy) is 1. The number of nitrogens with two attached hydrogens (primary N) is 1. The second kappa shape index (κ2) is 10.1. The van der Waals surface area contributed by atoms with E-state index in [1.54, 1.807) is 24.3 Å². The number of pyridine rings is 1. The Kier molecular flexibility index (Phi) is 7.45. The van der Waals surface area contributed by atoms with Gasteiger partial charge in [-0.1, -0.05) is 12.1 Å². The summed E-state index contributed by atoms with van der Waals surface area (Å²) in [5, 5.41) is 2.86. The van der Waals surface area contributed by atoms with E-state index >= 15 is 0 Å². The van der Waals surface area contributed by atoms with Crippen LogP contribution >= 0.6 is 0 Å². The minimum absolute atomic E-state index is 0.106. The van der Waals surface area contributed by atoms with Gasteiger partial charge in [0.25, 0.3) is 0 Å². The second-order valence-corrected chi connectivity index (χ2v) is 7.34. The molecular formula is C23H19F6N3O2. The van der Waals surface area contributed by atoms with Gasteiger partial charge in [-0.15, -0.1) is 0 Å². The molecule has 0 aliphatic rings. The number of amides is 1. The first-order chi connectivity index (χ1) is 15.9. The lowest BCUT2D eigenvalue weighted by molar-refractivity contribution is -0.143. The molecule has 0 bridgehead atoms. The molecule has 34 heavy (non-hydrogen) atoms. The van der Waals surface area contributed by atoms with Crippen LogP contribution in [0.25, 0.3) is 0 Å². The van der Waals surface area contributed by atoms with Gasteiger partial charge in [0.1, 0.15) is 5.75 Å². The fourth-order valence-electron chi connectivity index (χ4n) is 3.02. The highest BCUT2D eigenvalue weighted by molar-refractivity contribution is 5.92. The van der Waals surface area contributed by atoms with E-state index in [9.17, 15) is 31.1 Å². The van der Waals surface area contributed by atoms with E-state index in [1.807, 2.05) is 0 Å². The Morgan fingerprint density at radius 2 is 1.50 bits per heavy atom. The van der Waals surface area contributed by atoms with Gasteiger partial charge in [0.05, 0.1) is 16.7 Å². The Morgan fingerprint density at radius 1 is 0.882 bits per heavy atom. The quantitative estimate of drug-likeness (QED) is 0.335. The first-order valence-corrected chi connectivity index (χ1v) is 9.93. The van der Waals surface area contributed by atoms with Crippen molar-refractivity contribution in [3.63, 3.8) is 0 Å². The van der Waals surface area contributed by atoms with Crippen molar-refractivity contribution in [1.29, 1.82) is 0 Å². The number of primary amides is 1. The number of alkyl halides is 6. The highest BCUT2D eigenvalue weighted by atomic mass is 19.4. The molecule has 3 N–H and O–H groups in total. The normalized spacial score (nSPS) is 11.9. The molecule has 0 radical (unpaired) electrons. The van der Waals surface area contributed by atoms with Crippen LogP contribution in [-0.2, 0) is 25.3 Å². The van der Waals surface area contributed by atoms with Crippen LogP contribution in [0.1, 0.15) is 32.6 Å². The monoisotopic (exact) mass is 483 g/mol. The molecule has 5 nitrogen and oxygen atoms in total. The molecule has 0 fully saturated rings. The lowest BCUT2D eigenvalue weighted by Crippen LogP contribution is -2.18. The molecule has 3 aromatic rings. The molecule has 0 saturated heterocycles. The Morgan fingerprint density at radius 3 is 2.00 bits per heavy atom. The summed E-state index contributed by atoms with van der Waals surface area (Å²) in [5.41, 5.74) is 3.48. The molecular weight excluding hydrogens is 464 g/mol. The highest BCUT2D eigenvalue weighted by Crippen LogP contribution is 2.36. The topological polar surface area (TPSA) is 77.2 Å². The fraction of sp³-hybridized carbons (Fsp3) is 0.217. The molecule has 0 atom stereocenters. The Bertz CT molecular complexity index is 1100. The summed E-state index contributed by atoms with van der Waals surface area (Å²) in [7, 11) is 0. The number of carbonyl (C=O) groups excluding carboxylic acids is 1. The Hall–Kier alpha value is -3.60. The van der Waals surface area contributed by atoms with Gasteiger partial charge in [-0.25, -0.2) is 4.98 Å². The molecule has 1 amide bonds. The van der Waals surface area contributed by atoms with Crippen molar-refractivity contribution in [2.45, 2.75) is 25.3 Å². The summed E-state index contributed by atoms with van der Waals surface area (Å²) in [6, 6.07) is 11.4. The Balaban J connectivity index is 1.54. The summed E-state index contributed by atoms with van der Waals surface area (Å²) >= 11 is 0. The van der Waals surface area contributed by atoms with Crippen LogP contribution < -0.4 is 15.8 Å². The number of nitrogens with one attached hydrogen (secondary N) is 1. The zero-order chi connectivity index (χ0) is 24.9. The summed E-state index contributed by atoms with van der Waals surface area (Å²) in [5.74, 6) is 0.143. The summed E-state index contributed by atoms with van der Waals surface area (Å²) in [6.07, 6.45) is -7.98. The molecule has 180 valence electrons. The molecule has 1 heterocycles. The van der Waals surface area contributed by atoms with Gasteiger partial charge in [-0.3, -0.25) is 4.79 Å². The zero-order valence-electron chi connectivity index (χ0n) is 17.5. The van der Waals surface area contributed by atoms with Crippen LogP contribution in [0.3, 0.4) is 0 Å². The molecule has 11 heteroatoms. The lowest BCUT2D eigenvalue weighted by atomic mass is 10.0. The minimum Gasteiger partial charge on any atom is -0.439 e. The molecule has 2 aromatic carbocycles. The molecule has 1 aromatic heterocycles. The first-order valence-electron chi connectivity index (χ1n) is 9.93. The summed E-state index contributed by atoms with van der Waals surface area (Å²) < 4.78 is 83.2. The smallest absolute Gasteiger partial charge is 0.416 e. The molecule has 0 unspecified atom stereocenters. The van der Waals surface area contributed by atoms with E-state index in [0.29, 0.717) is 30.8 Å². The second-order valence-electron chi connectivity index (χ2n) is 7.34. The first kappa shape index (κ1) is 25.0. The summed E-state index contributed by atoms with van der Waals surface area (Å²) in [4.78, 5) is 15.0. The fourth-order valence-corrected chi connectivity index (χ4v) is 3.02. The van der Waals surface area contributed by atoms with Crippen LogP contribution in [0.5, 0.6) is 11.6 Å². The molecule has 0 aliphatic carbocycles. The molecule has 0 spiro atoms. The van der Waals surface area contributed by atoms with Crippen LogP contribution in [-0.4, -0.2) is 17.4 Å². The van der Waals surface area contributed by atoms with E-state index in [4.69, 9.17) is 10.5 Å². The van der Waals surface area contributed by atoms with Gasteiger partial charge in [0.15, 0.2) is 0 Å². The van der Waals surface area contributed by atoms with Crippen molar-refractivity contribution < 1.29 is 35.9 Å². The molecule has 0 aliphatic heterocycles. The number of carbonyl (C=O) groups is 1. The minimum atomic E-state index is -4.88. The van der Waals surface area contributed by atoms with Gasteiger partial charge in [0.2, 0.25) is 11.8 Å². The number of halogens is 6. The van der Waals surface area contributed by atoms with E-state index in [2.05, 4.69) is 10.3 Å². The van der Waals surface area contributed by atoms with Gasteiger partial charge < -0.3 is 15.8 Å². The van der Waals surface area contributed by atoms with Crippen LogP contribution in [0.4, 0.5) is 26.3 Å². The standard InChI is InChI=1S/C23H19F6N3O2/c24-22(25,26)17-9-15(10-18(11-17)23(27,28)29)12-31-8-7-14-1-4-19(5-2-14)34-20-6-3-16(13-32-20)21(30)33/h1-6,9-11,13,31H,7-8,12H2,(H2,30,33). The number of nitrogens with zero attached hydrogens (tertiary/aromatic N) is 1. The predicted molar refractivity (Wildman–Crippen MR) is 111 cm³/mol. The maximum Gasteiger partial charge on any atom is 0.416 e. The van der Waals surface area contributed by atoms with Crippen molar-refractivity contribution >= 4 is 5.91 Å². The summed E-state index contributed by atoms with van der Waals surface area (Å²) in [6.45, 7) is 0.176. The van der Waals surface area contributed by atoms with Gasteiger partial charge >= 0.3 is 12.4 Å². The number of aromatic nitrogens is 1. The third-order valence-corrected chi connectivity index (χ3v) is 4.73. The Labute approximate surface area is 190 Å². The maximum atomic E-state index is 12.9. The van der Waals surface area contributed by atoms with Crippen molar-refractivity contribution in [3.8, 4) is 11.6 Å². The van der Waals surface area contributed by atoms with Gasteiger partial charge in [-0.05, 0) is 60.5 Å². The van der Waals surface area contributed by atoms with Gasteiger partial charge in [0, 0.05) is 18.8 Å². The van der Waals surface area contributed by atoms with E-state index in [-0.39, 0.29) is 29.6 Å². The number of hydrogen-bond donors (Lipinski definition) is 2. The van der Waals surface area contributed by atoms with Crippen molar-refractivity contribution in [2.75, 3.05) is 6.54 Å². The van der Waals surface area contributed by atoms with Gasteiger partial charge in [-0.2, -0.15) is 26.3 Å². The zero-order valence-corrected chi connectivity index (χ0v) is 17.5. The van der Waals surface area contributed by atoms with Crippen LogP contribution in [0.2, 0.25) is 0 Å². The number of hydrogen-bond acceptors (Lipinski definition) is 4. The SMILES string of the molecule is NC(=O)c1ccc(Oc2ccc(CCNCc3cc(C(F)(F)F)cc(C(F)(F)F)c3)cc2)nc1. The van der Waals surface area contributed by atoms with Crippen molar-refractivity contribution in [3.05, 3.63) is 88.6 Å². The highest BCUT2D eigenvalue weighted by Gasteiger charge is 2.36. The van der Waals surface area contributed by atoms with Crippen LogP contribution in [0.15, 0.2) is 60.8 Å². The number of benzene rings is 2. The van der Waals surface area contributed by atoms with Crippen molar-refractivity contribution in [2.24, 2.45) is 5.73 Å². The molecule has 3 rings (SSSR count). The lowest BCUT2D eigenvalue weighted by Gasteiger charge is -2.14. The van der Waals surface area contributed by atoms with E-state index < -0.39 is 29.4 Å². The van der Waals surface area contributed by atoms with E-state index in [0.717, 1.165) is 5.56 Å². The average molecular weight is 483 g/mol. The third kappa shape index (κ3) is 6.95. The molecule has 0 saturated carbocycles. The third-order valence-electron chi connectivity index (χ3n) is 4.73. The average Bonchev–Trinajstić information content (AvgIpc) is 2.77. The van der Waals surface area contributed by atoms with Crippen LogP contribution in [0, 0.1) is 0 Å².